The van der Waals surface area contributed by atoms with Crippen molar-refractivity contribution >= 4 is 16.9 Å². The fourth-order valence-corrected chi connectivity index (χ4v) is 5.23. The number of furan rings is 1. The number of aliphatic hydroxyl groups excluding tert-OH is 1. The van der Waals surface area contributed by atoms with E-state index in [0.717, 1.165) is 16.5 Å². The van der Waals surface area contributed by atoms with E-state index in [0.29, 0.717) is 98.8 Å². The molecule has 0 bridgehead atoms. The normalized spacial score (nSPS) is 23.0. The molecule has 1 N–H and O–H groups in total. The number of amides is 1. The number of rotatable bonds is 12. The van der Waals surface area contributed by atoms with Crippen LogP contribution in [-0.2, 0) is 42.7 Å². The quantitative estimate of drug-likeness (QED) is 0.352. The number of carbonyl (C=O) groups is 1. The molecule has 4 rings (SSSR count). The second kappa shape index (κ2) is 19.8. The summed E-state index contributed by atoms with van der Waals surface area (Å²) in [5, 5.41) is 9.88. The average molecular weight is 622 g/mol. The molecule has 12 nitrogen and oxygen atoms in total. The topological polar surface area (TPSA) is 128 Å². The second-order valence-electron chi connectivity index (χ2n) is 10.3. The van der Waals surface area contributed by atoms with Crippen LogP contribution in [0.2, 0.25) is 0 Å². The van der Waals surface area contributed by atoms with E-state index in [1.807, 2.05) is 37.3 Å². The maximum Gasteiger partial charge on any atom is 0.288 e. The van der Waals surface area contributed by atoms with Gasteiger partial charge in [0, 0.05) is 49.1 Å². The first-order valence-electron chi connectivity index (χ1n) is 15.6. The first-order chi connectivity index (χ1) is 21.7. The summed E-state index contributed by atoms with van der Waals surface area (Å²) < 4.78 is 52.0. The van der Waals surface area contributed by atoms with Gasteiger partial charge in [0.1, 0.15) is 5.58 Å². The third-order valence-corrected chi connectivity index (χ3v) is 7.41. The van der Waals surface area contributed by atoms with Crippen molar-refractivity contribution in [3.8, 4) is 0 Å². The summed E-state index contributed by atoms with van der Waals surface area (Å²) in [5.74, 6) is -0.423. The average Bonchev–Trinajstić information content (AvgIpc) is 3.47. The highest BCUT2D eigenvalue weighted by Gasteiger charge is 2.40. The van der Waals surface area contributed by atoms with Crippen LogP contribution in [0.1, 0.15) is 24.8 Å². The van der Waals surface area contributed by atoms with Crippen LogP contribution in [0, 0.1) is 5.92 Å². The van der Waals surface area contributed by atoms with Gasteiger partial charge in [0.15, 0.2) is 5.76 Å². The Morgan fingerprint density at radius 3 is 2.18 bits per heavy atom. The van der Waals surface area contributed by atoms with Crippen LogP contribution >= 0.6 is 0 Å². The summed E-state index contributed by atoms with van der Waals surface area (Å²) in [6.45, 7) is 8.03. The second-order valence-corrected chi connectivity index (χ2v) is 10.3. The molecule has 1 aromatic heterocycles. The summed E-state index contributed by atoms with van der Waals surface area (Å²) in [7, 11) is 0. The maximum atomic E-state index is 14.0. The van der Waals surface area contributed by atoms with E-state index in [1.54, 1.807) is 11.2 Å². The van der Waals surface area contributed by atoms with Gasteiger partial charge in [-0.05, 0) is 25.5 Å². The molecule has 44 heavy (non-hydrogen) atoms. The summed E-state index contributed by atoms with van der Waals surface area (Å²) >= 11 is 0. The van der Waals surface area contributed by atoms with Crippen LogP contribution in [0.4, 0.5) is 0 Å². The van der Waals surface area contributed by atoms with E-state index in [2.05, 4.69) is 0 Å². The number of aliphatic hydroxyl groups is 1. The van der Waals surface area contributed by atoms with Gasteiger partial charge in [0.25, 0.3) is 5.91 Å². The lowest BCUT2D eigenvalue weighted by Crippen LogP contribution is -2.43. The Labute approximate surface area is 259 Å². The van der Waals surface area contributed by atoms with Gasteiger partial charge in [-0.2, -0.15) is 0 Å². The zero-order valence-corrected chi connectivity index (χ0v) is 25.7. The van der Waals surface area contributed by atoms with Crippen LogP contribution < -0.4 is 0 Å². The highest BCUT2D eigenvalue weighted by atomic mass is 16.7. The minimum atomic E-state index is -0.679. The first kappa shape index (κ1) is 34.3. The molecule has 3 atom stereocenters. The molecule has 1 saturated heterocycles. The summed E-state index contributed by atoms with van der Waals surface area (Å²) in [6.07, 6.45) is 3.59. The number of para-hydroxylation sites is 1. The Morgan fingerprint density at radius 1 is 0.886 bits per heavy atom. The first-order valence-corrected chi connectivity index (χ1v) is 15.6. The lowest BCUT2D eigenvalue weighted by molar-refractivity contribution is -0.172. The highest BCUT2D eigenvalue weighted by Crippen LogP contribution is 2.42. The van der Waals surface area contributed by atoms with Crippen molar-refractivity contribution in [1.29, 1.82) is 0 Å². The zero-order valence-electron chi connectivity index (χ0n) is 25.7. The molecule has 2 aliphatic heterocycles. The smallest absolute Gasteiger partial charge is 0.288 e. The molecule has 0 aliphatic carbocycles. The fourth-order valence-electron chi connectivity index (χ4n) is 5.23. The Balaban J connectivity index is 1.54. The maximum absolute atomic E-state index is 14.0. The molecule has 2 aliphatic rings. The van der Waals surface area contributed by atoms with Gasteiger partial charge in [0.2, 0.25) is 6.29 Å². The van der Waals surface area contributed by atoms with Gasteiger partial charge in [-0.25, -0.2) is 0 Å². The van der Waals surface area contributed by atoms with Crippen molar-refractivity contribution in [2.75, 3.05) is 106 Å². The Morgan fingerprint density at radius 2 is 1.52 bits per heavy atom. The van der Waals surface area contributed by atoms with Crippen molar-refractivity contribution in [2.24, 2.45) is 5.92 Å². The van der Waals surface area contributed by atoms with Crippen molar-refractivity contribution < 1.29 is 52.2 Å². The van der Waals surface area contributed by atoms with Crippen LogP contribution in [0.3, 0.4) is 0 Å². The van der Waals surface area contributed by atoms with Gasteiger partial charge < -0.3 is 52.3 Å². The van der Waals surface area contributed by atoms with Crippen LogP contribution in [0.15, 0.2) is 46.8 Å². The monoisotopic (exact) mass is 621 g/mol. The summed E-state index contributed by atoms with van der Waals surface area (Å²) in [4.78, 5) is 15.7. The molecule has 246 valence electrons. The minimum absolute atomic E-state index is 0.0232. The molecule has 0 radical (unpaired) electrons. The largest absolute Gasteiger partial charge is 0.464 e. The molecule has 1 fully saturated rings. The van der Waals surface area contributed by atoms with E-state index in [4.69, 9.17) is 47.4 Å². The number of carbonyl (C=O) groups excluding carboxylic acids is 1. The number of hydrogen-bond donors (Lipinski definition) is 1. The zero-order chi connectivity index (χ0) is 30.8. The third-order valence-electron chi connectivity index (χ3n) is 7.41. The molecule has 3 heterocycles. The molecular weight excluding hydrogens is 574 g/mol. The number of benzene rings is 1. The number of ether oxygens (including phenoxy) is 8. The molecule has 0 saturated carbocycles. The van der Waals surface area contributed by atoms with E-state index < -0.39 is 6.29 Å². The Hall–Kier alpha value is -2.55. The van der Waals surface area contributed by atoms with Crippen LogP contribution in [-0.4, -0.2) is 128 Å². The highest BCUT2D eigenvalue weighted by molar-refractivity contribution is 5.92. The van der Waals surface area contributed by atoms with Gasteiger partial charge in [-0.15, -0.1) is 0 Å². The van der Waals surface area contributed by atoms with Crippen molar-refractivity contribution in [1.82, 2.24) is 4.90 Å². The predicted molar refractivity (Wildman–Crippen MR) is 160 cm³/mol. The number of allylic oxidation sites excluding steroid dienone is 1. The fraction of sp³-hybridized carbons (Fsp3) is 0.656. The predicted octanol–water partition coefficient (Wildman–Crippen LogP) is 2.73. The Bertz CT molecular complexity index is 1110. The number of fused-ring (bicyclic) bond motifs is 1. The molecule has 1 amide bonds. The minimum Gasteiger partial charge on any atom is -0.464 e. The standard InChI is InChI=1S/C32H47NO11/c1-2-42-32-26(7-11-36-15-18-39-14-10-34)27(28-24-43-29-6-4-3-5-25(28)29)23-30(44-32)31(35)33-8-12-37-16-19-40-21-22-41-20-17-38-13-9-33/h3-6,23-24,26-27,32,34H,2,7-22H2,1H3/t26-,27+,32-/m0/s1. The van der Waals surface area contributed by atoms with Crippen LogP contribution in [0.5, 0.6) is 0 Å². The summed E-state index contributed by atoms with van der Waals surface area (Å²) in [5.41, 5.74) is 1.73. The molecule has 2 aromatic rings. The Kier molecular flexibility index (Phi) is 15.4. The van der Waals surface area contributed by atoms with E-state index in [9.17, 15) is 4.79 Å². The van der Waals surface area contributed by atoms with Crippen molar-refractivity contribution in [3.05, 3.63) is 47.9 Å². The summed E-state index contributed by atoms with van der Waals surface area (Å²) in [6, 6.07) is 7.85. The van der Waals surface area contributed by atoms with Gasteiger partial charge in [-0.3, -0.25) is 4.79 Å². The lowest BCUT2D eigenvalue weighted by atomic mass is 9.81. The molecule has 0 spiro atoms. The molecule has 1 aromatic carbocycles. The van der Waals surface area contributed by atoms with E-state index >= 15 is 0 Å². The van der Waals surface area contributed by atoms with Crippen LogP contribution in [0.25, 0.3) is 11.0 Å². The lowest BCUT2D eigenvalue weighted by Gasteiger charge is -2.37. The SMILES string of the molecule is CCO[C@H]1OC(C(=O)N2CCOCCOCCOCCOCC2)=C[C@@H](c2coc3ccccc23)[C@@H]1CCOCCOCCO. The molecule has 0 unspecified atom stereocenters. The van der Waals surface area contributed by atoms with E-state index in [1.165, 1.54) is 0 Å². The molecular formula is C32H47NO11. The van der Waals surface area contributed by atoms with Gasteiger partial charge in [0.05, 0.1) is 85.5 Å². The van der Waals surface area contributed by atoms with Gasteiger partial charge >= 0.3 is 0 Å². The van der Waals surface area contributed by atoms with Crippen molar-refractivity contribution in [3.63, 3.8) is 0 Å². The third kappa shape index (κ3) is 10.5. The van der Waals surface area contributed by atoms with Gasteiger partial charge in [-0.1, -0.05) is 18.2 Å². The van der Waals surface area contributed by atoms with E-state index in [-0.39, 0.29) is 36.7 Å². The number of nitrogens with zero attached hydrogens (tertiary/aromatic N) is 1. The molecule has 12 heteroatoms. The van der Waals surface area contributed by atoms with Crippen molar-refractivity contribution in [2.45, 2.75) is 25.6 Å². The number of hydrogen-bond acceptors (Lipinski definition) is 11.